The lowest BCUT2D eigenvalue weighted by atomic mass is 9.88. The first kappa shape index (κ1) is 21.8. The van der Waals surface area contributed by atoms with Crippen LogP contribution in [-0.4, -0.2) is 30.4 Å². The molecule has 0 radical (unpaired) electrons. The normalized spacial score (nSPS) is 19.6. The van der Waals surface area contributed by atoms with E-state index in [1.807, 2.05) is 6.08 Å². The molecule has 0 unspecified atom stereocenters. The van der Waals surface area contributed by atoms with Crippen molar-refractivity contribution in [3.63, 3.8) is 0 Å². The van der Waals surface area contributed by atoms with Gasteiger partial charge in [-0.2, -0.15) is 0 Å². The Kier molecular flexibility index (Phi) is 6.95. The summed E-state index contributed by atoms with van der Waals surface area (Å²) in [6, 6.07) is 8.40. The van der Waals surface area contributed by atoms with E-state index in [0.717, 1.165) is 25.8 Å². The lowest BCUT2D eigenvalue weighted by Gasteiger charge is -2.24. The van der Waals surface area contributed by atoms with Gasteiger partial charge in [-0.3, -0.25) is 4.79 Å². The SMILES string of the molecule is COc1c(I)cc(C(C)C)c(C=C[C@@H]2C[C@@H](O)CC(=O)O2)c1-c1ccc(F)cc1. The first-order valence-corrected chi connectivity index (χ1v) is 10.6. The summed E-state index contributed by atoms with van der Waals surface area (Å²) >= 11 is 2.25. The van der Waals surface area contributed by atoms with E-state index in [9.17, 15) is 14.3 Å². The monoisotopic (exact) mass is 510 g/mol. The Labute approximate surface area is 183 Å². The largest absolute Gasteiger partial charge is 0.495 e. The van der Waals surface area contributed by atoms with Crippen molar-refractivity contribution in [1.82, 2.24) is 0 Å². The smallest absolute Gasteiger partial charge is 0.309 e. The zero-order valence-corrected chi connectivity index (χ0v) is 18.8. The van der Waals surface area contributed by atoms with Crippen LogP contribution in [0.3, 0.4) is 0 Å². The van der Waals surface area contributed by atoms with Gasteiger partial charge in [-0.05, 0) is 69.5 Å². The summed E-state index contributed by atoms with van der Waals surface area (Å²) < 4.78 is 25.5. The Morgan fingerprint density at radius 2 is 2.00 bits per heavy atom. The molecule has 2 aromatic carbocycles. The standard InChI is InChI=1S/C23H24FIO4/c1-13(2)19-12-20(25)23(28-3)22(14-4-6-15(24)7-5-14)18(19)9-8-17-10-16(26)11-21(27)29-17/h4-9,12-13,16-17,26H,10-11H2,1-3H3/t16-,17-/m1/s1. The van der Waals surface area contributed by atoms with Crippen molar-refractivity contribution in [3.8, 4) is 16.9 Å². The second-order valence-corrected chi connectivity index (χ2v) is 8.57. The molecule has 0 saturated carbocycles. The summed E-state index contributed by atoms with van der Waals surface area (Å²) in [4.78, 5) is 11.7. The molecule has 1 heterocycles. The minimum atomic E-state index is -0.696. The fraction of sp³-hybridized carbons (Fsp3) is 0.348. The van der Waals surface area contributed by atoms with E-state index in [-0.39, 0.29) is 18.2 Å². The lowest BCUT2D eigenvalue weighted by Crippen LogP contribution is -2.31. The van der Waals surface area contributed by atoms with Crippen LogP contribution in [0.4, 0.5) is 4.39 Å². The van der Waals surface area contributed by atoms with Gasteiger partial charge in [0.25, 0.3) is 0 Å². The Morgan fingerprint density at radius 3 is 2.59 bits per heavy atom. The van der Waals surface area contributed by atoms with E-state index in [4.69, 9.17) is 9.47 Å². The number of esters is 1. The number of hydrogen-bond acceptors (Lipinski definition) is 4. The van der Waals surface area contributed by atoms with Gasteiger partial charge in [0.1, 0.15) is 17.7 Å². The van der Waals surface area contributed by atoms with Crippen LogP contribution in [-0.2, 0) is 9.53 Å². The fourth-order valence-corrected chi connectivity index (χ4v) is 4.38. The van der Waals surface area contributed by atoms with Crippen molar-refractivity contribution >= 4 is 34.6 Å². The minimum absolute atomic E-state index is 0.0275. The van der Waals surface area contributed by atoms with Crippen molar-refractivity contribution in [2.45, 2.75) is 44.8 Å². The second kappa shape index (κ2) is 9.26. The predicted octanol–water partition coefficient (Wildman–Crippen LogP) is 5.31. The van der Waals surface area contributed by atoms with Crippen LogP contribution in [0.25, 0.3) is 17.2 Å². The van der Waals surface area contributed by atoms with Gasteiger partial charge in [-0.25, -0.2) is 4.39 Å². The lowest BCUT2D eigenvalue weighted by molar-refractivity contribution is -0.156. The Morgan fingerprint density at radius 1 is 1.31 bits per heavy atom. The summed E-state index contributed by atoms with van der Waals surface area (Å²) in [7, 11) is 1.62. The number of aliphatic hydroxyl groups excluding tert-OH is 1. The number of methoxy groups -OCH3 is 1. The minimum Gasteiger partial charge on any atom is -0.495 e. The summed E-state index contributed by atoms with van der Waals surface area (Å²) in [5.74, 6) is 0.235. The zero-order valence-electron chi connectivity index (χ0n) is 16.6. The van der Waals surface area contributed by atoms with E-state index in [1.165, 1.54) is 12.1 Å². The summed E-state index contributed by atoms with van der Waals surface area (Å²) in [6.45, 7) is 4.21. The number of benzene rings is 2. The maximum absolute atomic E-state index is 13.5. The molecule has 1 fully saturated rings. The zero-order chi connectivity index (χ0) is 21.1. The molecule has 1 saturated heterocycles. The third-order valence-corrected chi connectivity index (χ3v) is 5.73. The van der Waals surface area contributed by atoms with Gasteiger partial charge >= 0.3 is 5.97 Å². The number of rotatable bonds is 5. The van der Waals surface area contributed by atoms with Crippen molar-refractivity contribution in [1.29, 1.82) is 0 Å². The highest BCUT2D eigenvalue weighted by atomic mass is 127. The molecular weight excluding hydrogens is 486 g/mol. The molecular formula is C23H24FIO4. The molecule has 2 aromatic rings. The summed E-state index contributed by atoms with van der Waals surface area (Å²) in [5, 5.41) is 9.88. The van der Waals surface area contributed by atoms with Crippen molar-refractivity contribution < 1.29 is 23.8 Å². The second-order valence-electron chi connectivity index (χ2n) is 7.41. The van der Waals surface area contributed by atoms with Gasteiger partial charge in [0.2, 0.25) is 0 Å². The number of ether oxygens (including phenoxy) is 2. The Balaban J connectivity index is 2.16. The molecule has 0 bridgehead atoms. The van der Waals surface area contributed by atoms with Crippen LogP contribution < -0.4 is 4.74 Å². The Hall–Kier alpha value is -1.93. The quantitative estimate of drug-likeness (QED) is 0.438. The third kappa shape index (κ3) is 4.98. The third-order valence-electron chi connectivity index (χ3n) is 4.93. The van der Waals surface area contributed by atoms with Gasteiger partial charge in [-0.1, -0.05) is 32.1 Å². The summed E-state index contributed by atoms with van der Waals surface area (Å²) in [5.41, 5.74) is 3.74. The van der Waals surface area contributed by atoms with Gasteiger partial charge in [0, 0.05) is 12.0 Å². The molecule has 0 aromatic heterocycles. The maximum atomic E-state index is 13.5. The molecule has 6 heteroatoms. The van der Waals surface area contributed by atoms with E-state index in [1.54, 1.807) is 25.3 Å². The average molecular weight is 510 g/mol. The van der Waals surface area contributed by atoms with Crippen LogP contribution in [0, 0.1) is 9.39 Å². The molecule has 1 aliphatic heterocycles. The summed E-state index contributed by atoms with van der Waals surface area (Å²) in [6.07, 6.45) is 2.94. The van der Waals surface area contributed by atoms with Crippen LogP contribution in [0.2, 0.25) is 0 Å². The van der Waals surface area contributed by atoms with Crippen LogP contribution >= 0.6 is 22.6 Å². The maximum Gasteiger partial charge on any atom is 0.309 e. The van der Waals surface area contributed by atoms with E-state index in [0.29, 0.717) is 12.2 Å². The van der Waals surface area contributed by atoms with Gasteiger partial charge in [-0.15, -0.1) is 0 Å². The van der Waals surface area contributed by atoms with Crippen LogP contribution in [0.1, 0.15) is 43.7 Å². The predicted molar refractivity (Wildman–Crippen MR) is 119 cm³/mol. The van der Waals surface area contributed by atoms with Gasteiger partial charge in [0.05, 0.1) is 23.2 Å². The van der Waals surface area contributed by atoms with Gasteiger partial charge in [0.15, 0.2) is 0 Å². The number of hydrogen-bond donors (Lipinski definition) is 1. The van der Waals surface area contributed by atoms with Crippen molar-refractivity contribution in [3.05, 3.63) is 56.9 Å². The number of aliphatic hydroxyl groups is 1. The van der Waals surface area contributed by atoms with E-state index in [2.05, 4.69) is 42.5 Å². The molecule has 0 aliphatic carbocycles. The van der Waals surface area contributed by atoms with Crippen LogP contribution in [0.5, 0.6) is 5.75 Å². The number of carbonyl (C=O) groups is 1. The molecule has 154 valence electrons. The molecule has 3 rings (SSSR count). The molecule has 1 aliphatic rings. The highest BCUT2D eigenvalue weighted by molar-refractivity contribution is 14.1. The van der Waals surface area contributed by atoms with Gasteiger partial charge < -0.3 is 14.6 Å². The molecule has 0 spiro atoms. The molecule has 4 nitrogen and oxygen atoms in total. The topological polar surface area (TPSA) is 55.8 Å². The van der Waals surface area contributed by atoms with Crippen molar-refractivity contribution in [2.24, 2.45) is 0 Å². The first-order valence-electron chi connectivity index (χ1n) is 9.52. The van der Waals surface area contributed by atoms with E-state index < -0.39 is 18.2 Å². The average Bonchev–Trinajstić information content (AvgIpc) is 2.66. The number of cyclic esters (lactones) is 1. The highest BCUT2D eigenvalue weighted by Gasteiger charge is 2.26. The highest BCUT2D eigenvalue weighted by Crippen LogP contribution is 2.42. The molecule has 1 N–H and O–H groups in total. The Bertz CT molecular complexity index is 921. The number of carbonyl (C=O) groups excluding carboxylic acids is 1. The van der Waals surface area contributed by atoms with Crippen molar-refractivity contribution in [2.75, 3.05) is 7.11 Å². The molecule has 29 heavy (non-hydrogen) atoms. The van der Waals surface area contributed by atoms with E-state index >= 15 is 0 Å². The number of halogens is 2. The first-order chi connectivity index (χ1) is 13.8. The molecule has 0 amide bonds. The van der Waals surface area contributed by atoms with Crippen LogP contribution in [0.15, 0.2) is 36.4 Å². The molecule has 2 atom stereocenters. The fourth-order valence-electron chi connectivity index (χ4n) is 3.56.